The van der Waals surface area contributed by atoms with Crippen molar-refractivity contribution in [3.8, 4) is 17.1 Å². The molecule has 5 heteroatoms. The van der Waals surface area contributed by atoms with Crippen LogP contribution in [0, 0.1) is 0 Å². The van der Waals surface area contributed by atoms with Gasteiger partial charge in [-0.25, -0.2) is 5.10 Å². The largest absolute Gasteiger partial charge is 0.497 e. The fourth-order valence-electron chi connectivity index (χ4n) is 1.17. The van der Waals surface area contributed by atoms with Crippen LogP contribution in [0.2, 0.25) is 0 Å². The van der Waals surface area contributed by atoms with Crippen LogP contribution in [0.15, 0.2) is 35.3 Å². The molecule has 15 heavy (non-hydrogen) atoms. The van der Waals surface area contributed by atoms with E-state index in [9.17, 15) is 4.79 Å². The monoisotopic (exact) mass is 203 g/mol. The second-order valence-electron chi connectivity index (χ2n) is 2.89. The highest BCUT2D eigenvalue weighted by Gasteiger charge is 2.01. The van der Waals surface area contributed by atoms with Gasteiger partial charge < -0.3 is 4.74 Å². The molecule has 0 aromatic carbocycles. The van der Waals surface area contributed by atoms with E-state index >= 15 is 0 Å². The number of hydrogen-bond acceptors (Lipinski definition) is 4. The molecule has 0 spiro atoms. The number of H-pyrrole nitrogens is 1. The van der Waals surface area contributed by atoms with Crippen molar-refractivity contribution in [2.75, 3.05) is 7.11 Å². The molecule has 0 saturated heterocycles. The van der Waals surface area contributed by atoms with Crippen molar-refractivity contribution in [1.82, 2.24) is 15.2 Å². The number of ether oxygens (including phenoxy) is 1. The van der Waals surface area contributed by atoms with E-state index < -0.39 is 0 Å². The molecule has 0 aliphatic heterocycles. The van der Waals surface area contributed by atoms with Gasteiger partial charge in [-0.15, -0.1) is 0 Å². The number of methoxy groups -OCH3 is 1. The summed E-state index contributed by atoms with van der Waals surface area (Å²) in [4.78, 5) is 14.9. The Morgan fingerprint density at radius 1 is 1.27 bits per heavy atom. The van der Waals surface area contributed by atoms with Gasteiger partial charge in [-0.1, -0.05) is 0 Å². The normalized spacial score (nSPS) is 9.93. The van der Waals surface area contributed by atoms with E-state index in [2.05, 4.69) is 15.2 Å². The van der Waals surface area contributed by atoms with E-state index in [-0.39, 0.29) is 5.56 Å². The van der Waals surface area contributed by atoms with Gasteiger partial charge in [-0.3, -0.25) is 9.78 Å². The van der Waals surface area contributed by atoms with Crippen LogP contribution in [0.5, 0.6) is 5.75 Å². The molecule has 0 aliphatic carbocycles. The molecule has 5 nitrogen and oxygen atoms in total. The maximum Gasteiger partial charge on any atom is 0.264 e. The molecule has 0 saturated carbocycles. The van der Waals surface area contributed by atoms with E-state index in [0.717, 1.165) is 0 Å². The van der Waals surface area contributed by atoms with Crippen molar-refractivity contribution >= 4 is 0 Å². The summed E-state index contributed by atoms with van der Waals surface area (Å²) < 4.78 is 5.06. The third kappa shape index (κ3) is 2.01. The molecule has 0 bridgehead atoms. The summed E-state index contributed by atoms with van der Waals surface area (Å²) in [6.07, 6.45) is 1.63. The second-order valence-corrected chi connectivity index (χ2v) is 2.89. The average Bonchev–Trinajstić information content (AvgIpc) is 2.30. The van der Waals surface area contributed by atoms with Gasteiger partial charge >= 0.3 is 0 Å². The summed E-state index contributed by atoms with van der Waals surface area (Å²) in [5.74, 6) is 0.702. The van der Waals surface area contributed by atoms with E-state index in [1.807, 2.05) is 0 Å². The first-order valence-electron chi connectivity index (χ1n) is 4.36. The lowest BCUT2D eigenvalue weighted by Crippen LogP contribution is -2.05. The quantitative estimate of drug-likeness (QED) is 0.785. The first kappa shape index (κ1) is 9.39. The highest BCUT2D eigenvalue weighted by Crippen LogP contribution is 2.17. The summed E-state index contributed by atoms with van der Waals surface area (Å²) in [6, 6.07) is 6.51. The minimum Gasteiger partial charge on any atom is -0.497 e. The first-order chi connectivity index (χ1) is 7.29. The summed E-state index contributed by atoms with van der Waals surface area (Å²) in [6.45, 7) is 0. The number of nitrogens with one attached hydrogen (secondary N) is 1. The topological polar surface area (TPSA) is 67.9 Å². The van der Waals surface area contributed by atoms with Gasteiger partial charge in [0.2, 0.25) is 0 Å². The molecule has 2 aromatic heterocycles. The molecule has 0 radical (unpaired) electrons. The van der Waals surface area contributed by atoms with Crippen LogP contribution in [0.25, 0.3) is 11.4 Å². The maximum absolute atomic E-state index is 10.8. The van der Waals surface area contributed by atoms with Crippen LogP contribution in [0.4, 0.5) is 0 Å². The van der Waals surface area contributed by atoms with Gasteiger partial charge in [0.15, 0.2) is 0 Å². The van der Waals surface area contributed by atoms with E-state index in [1.54, 1.807) is 31.5 Å². The Kier molecular flexibility index (Phi) is 2.45. The van der Waals surface area contributed by atoms with Crippen molar-refractivity contribution in [2.24, 2.45) is 0 Å². The number of nitrogens with zero attached hydrogens (tertiary/aromatic N) is 2. The predicted octanol–water partition coefficient (Wildman–Crippen LogP) is 0.840. The molecular weight excluding hydrogens is 194 g/mol. The molecule has 0 aliphatic rings. The lowest BCUT2D eigenvalue weighted by Gasteiger charge is -2.01. The van der Waals surface area contributed by atoms with Gasteiger partial charge in [-0.05, 0) is 12.1 Å². The predicted molar refractivity (Wildman–Crippen MR) is 54.6 cm³/mol. The first-order valence-corrected chi connectivity index (χ1v) is 4.36. The van der Waals surface area contributed by atoms with Crippen LogP contribution in [-0.4, -0.2) is 22.3 Å². The maximum atomic E-state index is 10.8. The lowest BCUT2D eigenvalue weighted by molar-refractivity contribution is 0.414. The van der Waals surface area contributed by atoms with E-state index in [4.69, 9.17) is 4.74 Å². The van der Waals surface area contributed by atoms with Crippen molar-refractivity contribution in [2.45, 2.75) is 0 Å². The zero-order chi connectivity index (χ0) is 10.7. The molecule has 0 atom stereocenters. The standard InChI is InChI=1S/C10H9N3O2/c1-15-7-4-5-11-9(6-7)8-2-3-10(14)13-12-8/h2-6H,1H3,(H,13,14). The molecular formula is C10H9N3O2. The second kappa shape index (κ2) is 3.91. The summed E-state index contributed by atoms with van der Waals surface area (Å²) >= 11 is 0. The van der Waals surface area contributed by atoms with Crippen molar-refractivity contribution < 1.29 is 4.74 Å². The third-order valence-electron chi connectivity index (χ3n) is 1.91. The van der Waals surface area contributed by atoms with Crippen LogP contribution in [-0.2, 0) is 0 Å². The fraction of sp³-hybridized carbons (Fsp3) is 0.100. The Labute approximate surface area is 85.8 Å². The van der Waals surface area contributed by atoms with Gasteiger partial charge in [-0.2, -0.15) is 5.10 Å². The van der Waals surface area contributed by atoms with Crippen LogP contribution in [0.3, 0.4) is 0 Å². The van der Waals surface area contributed by atoms with Crippen molar-refractivity contribution in [3.05, 3.63) is 40.8 Å². The highest BCUT2D eigenvalue weighted by atomic mass is 16.5. The molecule has 76 valence electrons. The van der Waals surface area contributed by atoms with Gasteiger partial charge in [0, 0.05) is 18.3 Å². The van der Waals surface area contributed by atoms with Gasteiger partial charge in [0.05, 0.1) is 12.8 Å². The highest BCUT2D eigenvalue weighted by molar-refractivity contribution is 5.54. The minimum absolute atomic E-state index is 0.235. The number of aromatic nitrogens is 3. The molecule has 0 fully saturated rings. The fourth-order valence-corrected chi connectivity index (χ4v) is 1.17. The van der Waals surface area contributed by atoms with Crippen molar-refractivity contribution in [3.63, 3.8) is 0 Å². The van der Waals surface area contributed by atoms with Gasteiger partial charge in [0.1, 0.15) is 11.4 Å². The lowest BCUT2D eigenvalue weighted by atomic mass is 10.2. The average molecular weight is 203 g/mol. The number of pyridine rings is 1. The number of rotatable bonds is 2. The Morgan fingerprint density at radius 2 is 2.13 bits per heavy atom. The van der Waals surface area contributed by atoms with Crippen LogP contribution < -0.4 is 10.3 Å². The molecule has 0 amide bonds. The zero-order valence-electron chi connectivity index (χ0n) is 8.10. The Morgan fingerprint density at radius 3 is 2.80 bits per heavy atom. The Hall–Kier alpha value is -2.17. The van der Waals surface area contributed by atoms with Gasteiger partial charge in [0.25, 0.3) is 5.56 Å². The smallest absolute Gasteiger partial charge is 0.264 e. The summed E-state index contributed by atoms with van der Waals surface area (Å²) in [7, 11) is 1.58. The molecule has 2 heterocycles. The minimum atomic E-state index is -0.235. The number of hydrogen-bond donors (Lipinski definition) is 1. The van der Waals surface area contributed by atoms with Crippen LogP contribution in [0.1, 0.15) is 0 Å². The Balaban J connectivity index is 2.44. The van der Waals surface area contributed by atoms with Crippen molar-refractivity contribution in [1.29, 1.82) is 0 Å². The molecule has 2 aromatic rings. The molecule has 1 N–H and O–H groups in total. The summed E-state index contributed by atoms with van der Waals surface area (Å²) in [5, 5.41) is 6.22. The summed E-state index contributed by atoms with van der Waals surface area (Å²) in [5.41, 5.74) is 1.03. The molecule has 2 rings (SSSR count). The Bertz CT molecular complexity index is 502. The third-order valence-corrected chi connectivity index (χ3v) is 1.91. The molecule has 0 unspecified atom stereocenters. The number of aromatic amines is 1. The van der Waals surface area contributed by atoms with Crippen LogP contribution >= 0.6 is 0 Å². The zero-order valence-corrected chi connectivity index (χ0v) is 8.10. The van der Waals surface area contributed by atoms with E-state index in [0.29, 0.717) is 17.1 Å². The SMILES string of the molecule is COc1ccnc(-c2ccc(=O)[nH]n2)c1. The van der Waals surface area contributed by atoms with E-state index in [1.165, 1.54) is 6.07 Å².